The van der Waals surface area contributed by atoms with Crippen LogP contribution in [0.1, 0.15) is 6.42 Å². The van der Waals surface area contributed by atoms with Crippen LogP contribution in [0.2, 0.25) is 0 Å². The fourth-order valence-electron chi connectivity index (χ4n) is 1.39. The number of hydrogen-bond donors (Lipinski definition) is 2. The number of sulfone groups is 1. The minimum Gasteiger partial charge on any atom is -0.428 e. The van der Waals surface area contributed by atoms with Crippen LogP contribution < -0.4 is 5.73 Å². The number of oxazole rings is 1. The Morgan fingerprint density at radius 1 is 1.41 bits per heavy atom. The van der Waals surface area contributed by atoms with Crippen LogP contribution >= 0.6 is 0 Å². The highest BCUT2D eigenvalue weighted by Crippen LogP contribution is 2.21. The molecule has 1 heterocycles. The zero-order valence-electron chi connectivity index (χ0n) is 8.96. The Morgan fingerprint density at radius 2 is 2.18 bits per heavy atom. The molecule has 17 heavy (non-hydrogen) atoms. The maximum atomic E-state index is 11.7. The Bertz CT molecular complexity index is 633. The number of nitrogen functional groups attached to an aromatic ring is 1. The van der Waals surface area contributed by atoms with E-state index in [4.69, 9.17) is 15.3 Å². The topological polar surface area (TPSA) is 106 Å². The van der Waals surface area contributed by atoms with E-state index in [1.807, 2.05) is 0 Å². The molecule has 0 saturated carbocycles. The number of aliphatic hydroxyl groups excluding tert-OH is 1. The van der Waals surface area contributed by atoms with Gasteiger partial charge in [-0.25, -0.2) is 8.42 Å². The molecule has 0 spiro atoms. The van der Waals surface area contributed by atoms with Crippen molar-refractivity contribution >= 4 is 26.6 Å². The summed E-state index contributed by atoms with van der Waals surface area (Å²) in [6.07, 6.45) is 0.156. The highest BCUT2D eigenvalue weighted by atomic mass is 32.2. The highest BCUT2D eigenvalue weighted by molar-refractivity contribution is 7.91. The summed E-state index contributed by atoms with van der Waals surface area (Å²) in [5, 5.41) is 8.29. The molecule has 2 rings (SSSR count). The molecule has 0 aliphatic carbocycles. The quantitative estimate of drug-likeness (QED) is 0.774. The molecular weight excluding hydrogens is 244 g/mol. The minimum absolute atomic E-state index is 0.156. The first-order valence-corrected chi connectivity index (χ1v) is 6.68. The predicted octanol–water partition coefficient (Wildman–Crippen LogP) is 0.566. The van der Waals surface area contributed by atoms with E-state index >= 15 is 0 Å². The van der Waals surface area contributed by atoms with Crippen LogP contribution in [-0.2, 0) is 9.84 Å². The number of aliphatic hydroxyl groups is 1. The molecule has 6 nitrogen and oxygen atoms in total. The molecule has 3 N–H and O–H groups in total. The maximum Gasteiger partial charge on any atom is 0.316 e. The second kappa shape index (κ2) is 4.34. The third-order valence-electron chi connectivity index (χ3n) is 2.23. The van der Waals surface area contributed by atoms with Gasteiger partial charge in [-0.1, -0.05) is 0 Å². The molecule has 0 radical (unpaired) electrons. The minimum atomic E-state index is -3.58. The number of nitrogens with zero attached hydrogens (tertiary/aromatic N) is 1. The van der Waals surface area contributed by atoms with Crippen LogP contribution in [0.5, 0.6) is 0 Å². The molecule has 0 fully saturated rings. The molecule has 0 amide bonds. The smallest absolute Gasteiger partial charge is 0.316 e. The van der Waals surface area contributed by atoms with Crippen molar-refractivity contribution in [2.24, 2.45) is 0 Å². The van der Waals surface area contributed by atoms with Gasteiger partial charge >= 0.3 is 5.22 Å². The fourth-order valence-corrected chi connectivity index (χ4v) is 2.53. The van der Waals surface area contributed by atoms with Crippen LogP contribution in [0.25, 0.3) is 11.1 Å². The van der Waals surface area contributed by atoms with Gasteiger partial charge in [0.05, 0.1) is 5.75 Å². The van der Waals surface area contributed by atoms with Crippen molar-refractivity contribution < 1.29 is 17.9 Å². The van der Waals surface area contributed by atoms with E-state index < -0.39 is 9.84 Å². The van der Waals surface area contributed by atoms with Crippen LogP contribution in [0.3, 0.4) is 0 Å². The number of hydrogen-bond acceptors (Lipinski definition) is 6. The normalized spacial score (nSPS) is 12.1. The van der Waals surface area contributed by atoms with Crippen molar-refractivity contribution in [2.75, 3.05) is 18.1 Å². The van der Waals surface area contributed by atoms with Gasteiger partial charge in [0.15, 0.2) is 5.58 Å². The van der Waals surface area contributed by atoms with Crippen molar-refractivity contribution in [3.05, 3.63) is 18.2 Å². The Kier molecular flexibility index (Phi) is 3.03. The lowest BCUT2D eigenvalue weighted by Gasteiger charge is -1.96. The van der Waals surface area contributed by atoms with Crippen LogP contribution in [0.4, 0.5) is 5.69 Å². The summed E-state index contributed by atoms with van der Waals surface area (Å²) in [5.74, 6) is -0.189. The van der Waals surface area contributed by atoms with Gasteiger partial charge < -0.3 is 15.3 Å². The largest absolute Gasteiger partial charge is 0.428 e. The molecular formula is C10H12N2O4S. The molecule has 7 heteroatoms. The number of anilines is 1. The van der Waals surface area contributed by atoms with Crippen molar-refractivity contribution in [1.29, 1.82) is 0 Å². The number of fused-ring (bicyclic) bond motifs is 1. The molecule has 0 unspecified atom stereocenters. The molecule has 0 atom stereocenters. The lowest BCUT2D eigenvalue weighted by atomic mass is 10.3. The van der Waals surface area contributed by atoms with Crippen LogP contribution in [0.15, 0.2) is 27.8 Å². The Hall–Kier alpha value is -1.60. The molecule has 1 aromatic carbocycles. The summed E-state index contributed by atoms with van der Waals surface area (Å²) in [7, 11) is -3.58. The number of aromatic nitrogens is 1. The standard InChI is InChI=1S/C10H12N2O4S/c11-7-2-3-8-9(6-7)16-10(12-8)17(14,15)5-1-4-13/h2-3,6,13H,1,4-5,11H2. The van der Waals surface area contributed by atoms with E-state index in [0.717, 1.165) is 0 Å². The van der Waals surface area contributed by atoms with E-state index in [-0.39, 0.29) is 24.0 Å². The van der Waals surface area contributed by atoms with Gasteiger partial charge in [-0.3, -0.25) is 0 Å². The number of nitrogens with two attached hydrogens (primary N) is 1. The molecule has 2 aromatic rings. The van der Waals surface area contributed by atoms with Gasteiger partial charge in [0.2, 0.25) is 9.84 Å². The van der Waals surface area contributed by atoms with Gasteiger partial charge in [0.25, 0.3) is 0 Å². The first kappa shape index (κ1) is 11.9. The lowest BCUT2D eigenvalue weighted by Crippen LogP contribution is -2.08. The van der Waals surface area contributed by atoms with Gasteiger partial charge in [0, 0.05) is 18.4 Å². The molecule has 0 aliphatic rings. The molecule has 0 saturated heterocycles. The number of rotatable bonds is 4. The Labute approximate surface area is 98.0 Å². The molecule has 0 bridgehead atoms. The van der Waals surface area contributed by atoms with Crippen molar-refractivity contribution in [2.45, 2.75) is 11.6 Å². The van der Waals surface area contributed by atoms with Crippen LogP contribution in [-0.4, -0.2) is 30.9 Å². The Balaban J connectivity index is 2.43. The fraction of sp³-hybridized carbons (Fsp3) is 0.300. The summed E-state index contributed by atoms with van der Waals surface area (Å²) in [4.78, 5) is 3.89. The van der Waals surface area contributed by atoms with Crippen LogP contribution in [0, 0.1) is 0 Å². The van der Waals surface area contributed by atoms with E-state index in [1.165, 1.54) is 6.07 Å². The monoisotopic (exact) mass is 256 g/mol. The van der Waals surface area contributed by atoms with E-state index in [0.29, 0.717) is 16.8 Å². The summed E-state index contributed by atoms with van der Waals surface area (Å²) in [5.41, 5.74) is 6.82. The van der Waals surface area contributed by atoms with E-state index in [1.54, 1.807) is 12.1 Å². The maximum absolute atomic E-state index is 11.7. The molecule has 0 aliphatic heterocycles. The molecule has 1 aromatic heterocycles. The van der Waals surface area contributed by atoms with Gasteiger partial charge in [-0.05, 0) is 18.6 Å². The van der Waals surface area contributed by atoms with Gasteiger partial charge in [0.1, 0.15) is 5.52 Å². The average Bonchev–Trinajstić information content (AvgIpc) is 2.70. The first-order chi connectivity index (χ1) is 8.03. The van der Waals surface area contributed by atoms with Crippen molar-refractivity contribution in [3.63, 3.8) is 0 Å². The van der Waals surface area contributed by atoms with Crippen molar-refractivity contribution in [1.82, 2.24) is 4.98 Å². The first-order valence-electron chi connectivity index (χ1n) is 5.02. The third kappa shape index (κ3) is 2.40. The lowest BCUT2D eigenvalue weighted by molar-refractivity contribution is 0.295. The summed E-state index contributed by atoms with van der Waals surface area (Å²) < 4.78 is 28.6. The second-order valence-corrected chi connectivity index (χ2v) is 5.59. The predicted molar refractivity (Wildman–Crippen MR) is 62.2 cm³/mol. The average molecular weight is 256 g/mol. The summed E-state index contributed by atoms with van der Waals surface area (Å²) in [6, 6.07) is 4.74. The van der Waals surface area contributed by atoms with E-state index in [2.05, 4.69) is 4.98 Å². The van der Waals surface area contributed by atoms with Gasteiger partial charge in [-0.15, -0.1) is 0 Å². The second-order valence-electron chi connectivity index (χ2n) is 3.60. The van der Waals surface area contributed by atoms with E-state index in [9.17, 15) is 8.42 Å². The SMILES string of the molecule is Nc1ccc2nc(S(=O)(=O)CCCO)oc2c1. The molecule has 92 valence electrons. The summed E-state index contributed by atoms with van der Waals surface area (Å²) in [6.45, 7) is -0.188. The summed E-state index contributed by atoms with van der Waals surface area (Å²) >= 11 is 0. The Morgan fingerprint density at radius 3 is 2.88 bits per heavy atom. The van der Waals surface area contributed by atoms with Crippen molar-refractivity contribution in [3.8, 4) is 0 Å². The third-order valence-corrected chi connectivity index (χ3v) is 3.76. The van der Waals surface area contributed by atoms with Gasteiger partial charge in [-0.2, -0.15) is 4.98 Å². The zero-order chi connectivity index (χ0) is 12.5. The zero-order valence-corrected chi connectivity index (χ0v) is 9.77. The highest BCUT2D eigenvalue weighted by Gasteiger charge is 2.21. The number of benzene rings is 1.